The molecule has 0 fully saturated rings. The predicted octanol–water partition coefficient (Wildman–Crippen LogP) is 4.12. The van der Waals surface area contributed by atoms with Crippen LogP contribution in [-0.2, 0) is 22.7 Å². The standard InChI is InChI=1S/C18H17ClN2O2S/c1-21(10-13-6-2-3-7-14(13)19)18(22)12-23-11-17-20-15-8-4-5-9-16(15)24-17/h2-9H,10-12H2,1H3. The number of nitrogens with zero attached hydrogens (tertiary/aromatic N) is 2. The number of likely N-dealkylation sites (N-methyl/N-ethyl adjacent to an activating group) is 1. The number of carbonyl (C=O) groups is 1. The smallest absolute Gasteiger partial charge is 0.248 e. The van der Waals surface area contributed by atoms with Crippen LogP contribution in [0.4, 0.5) is 0 Å². The van der Waals surface area contributed by atoms with Gasteiger partial charge in [-0.3, -0.25) is 4.79 Å². The van der Waals surface area contributed by atoms with Gasteiger partial charge in [-0.15, -0.1) is 11.3 Å². The third-order valence-electron chi connectivity index (χ3n) is 3.58. The Morgan fingerprint density at radius 2 is 1.96 bits per heavy atom. The summed E-state index contributed by atoms with van der Waals surface area (Å²) in [7, 11) is 1.74. The average Bonchev–Trinajstić information content (AvgIpc) is 2.99. The number of carbonyl (C=O) groups excluding carboxylic acids is 1. The van der Waals surface area contributed by atoms with Crippen molar-refractivity contribution in [3.8, 4) is 0 Å². The van der Waals surface area contributed by atoms with Crippen molar-refractivity contribution in [2.75, 3.05) is 13.7 Å². The van der Waals surface area contributed by atoms with Crippen LogP contribution in [0.3, 0.4) is 0 Å². The van der Waals surface area contributed by atoms with E-state index in [9.17, 15) is 4.79 Å². The summed E-state index contributed by atoms with van der Waals surface area (Å²) in [6.45, 7) is 0.824. The van der Waals surface area contributed by atoms with E-state index in [-0.39, 0.29) is 12.5 Å². The van der Waals surface area contributed by atoms with Crippen LogP contribution in [0.2, 0.25) is 5.02 Å². The Kier molecular flexibility index (Phi) is 5.45. The molecule has 0 saturated carbocycles. The SMILES string of the molecule is CN(Cc1ccccc1Cl)C(=O)COCc1nc2ccccc2s1. The van der Waals surface area contributed by atoms with Crippen LogP contribution >= 0.6 is 22.9 Å². The summed E-state index contributed by atoms with van der Waals surface area (Å²) in [6, 6.07) is 15.4. The molecule has 0 N–H and O–H groups in total. The fraction of sp³-hybridized carbons (Fsp3) is 0.222. The van der Waals surface area contributed by atoms with E-state index in [4.69, 9.17) is 16.3 Å². The number of halogens is 1. The maximum atomic E-state index is 12.2. The Labute approximate surface area is 149 Å². The number of rotatable bonds is 6. The number of amides is 1. The van der Waals surface area contributed by atoms with Crippen molar-refractivity contribution in [2.45, 2.75) is 13.2 Å². The van der Waals surface area contributed by atoms with Crippen LogP contribution in [0.25, 0.3) is 10.2 Å². The van der Waals surface area contributed by atoms with Gasteiger partial charge in [0.2, 0.25) is 5.91 Å². The monoisotopic (exact) mass is 360 g/mol. The lowest BCUT2D eigenvalue weighted by Gasteiger charge is -2.17. The van der Waals surface area contributed by atoms with E-state index >= 15 is 0 Å². The van der Waals surface area contributed by atoms with Crippen molar-refractivity contribution >= 4 is 39.1 Å². The lowest BCUT2D eigenvalue weighted by atomic mass is 10.2. The molecule has 0 spiro atoms. The third kappa shape index (κ3) is 4.12. The second kappa shape index (κ2) is 7.75. The van der Waals surface area contributed by atoms with Crippen LogP contribution in [0.15, 0.2) is 48.5 Å². The average molecular weight is 361 g/mol. The van der Waals surface area contributed by atoms with Gasteiger partial charge in [0, 0.05) is 18.6 Å². The first kappa shape index (κ1) is 16.9. The number of ether oxygens (including phenoxy) is 1. The van der Waals surface area contributed by atoms with Gasteiger partial charge in [-0.2, -0.15) is 0 Å². The maximum Gasteiger partial charge on any atom is 0.248 e. The largest absolute Gasteiger partial charge is 0.364 e. The van der Waals surface area contributed by atoms with Crippen molar-refractivity contribution in [1.29, 1.82) is 0 Å². The van der Waals surface area contributed by atoms with Gasteiger partial charge in [0.15, 0.2) is 0 Å². The molecule has 3 aromatic rings. The molecule has 6 heteroatoms. The molecule has 0 aliphatic carbocycles. The summed E-state index contributed by atoms with van der Waals surface area (Å²) in [5.41, 5.74) is 1.88. The first-order valence-electron chi connectivity index (χ1n) is 7.53. The van der Waals surface area contributed by atoms with Gasteiger partial charge in [-0.25, -0.2) is 4.98 Å². The molecule has 3 rings (SSSR count). The van der Waals surface area contributed by atoms with Gasteiger partial charge in [0.25, 0.3) is 0 Å². The number of benzene rings is 2. The van der Waals surface area contributed by atoms with Gasteiger partial charge in [0.1, 0.15) is 11.6 Å². The molecule has 0 aliphatic heterocycles. The van der Waals surface area contributed by atoms with E-state index in [1.54, 1.807) is 23.3 Å². The first-order chi connectivity index (χ1) is 11.6. The van der Waals surface area contributed by atoms with Crippen molar-refractivity contribution in [2.24, 2.45) is 0 Å². The number of para-hydroxylation sites is 1. The molecule has 124 valence electrons. The second-order valence-corrected chi connectivity index (χ2v) is 6.93. The minimum Gasteiger partial charge on any atom is -0.364 e. The Morgan fingerprint density at radius 3 is 2.75 bits per heavy atom. The lowest BCUT2D eigenvalue weighted by molar-refractivity contribution is -0.135. The molecule has 0 radical (unpaired) electrons. The van der Waals surface area contributed by atoms with Gasteiger partial charge >= 0.3 is 0 Å². The van der Waals surface area contributed by atoms with E-state index < -0.39 is 0 Å². The van der Waals surface area contributed by atoms with Crippen molar-refractivity contribution < 1.29 is 9.53 Å². The highest BCUT2D eigenvalue weighted by molar-refractivity contribution is 7.18. The molecule has 0 unspecified atom stereocenters. The minimum atomic E-state index is -0.0870. The number of fused-ring (bicyclic) bond motifs is 1. The second-order valence-electron chi connectivity index (χ2n) is 5.41. The summed E-state index contributed by atoms with van der Waals surface area (Å²) in [4.78, 5) is 18.3. The summed E-state index contributed by atoms with van der Waals surface area (Å²) in [5.74, 6) is -0.0870. The minimum absolute atomic E-state index is 0.0247. The maximum absolute atomic E-state index is 12.2. The van der Waals surface area contributed by atoms with Gasteiger partial charge < -0.3 is 9.64 Å². The molecule has 2 aromatic carbocycles. The van der Waals surface area contributed by atoms with Crippen LogP contribution < -0.4 is 0 Å². The van der Waals surface area contributed by atoms with Crippen LogP contribution in [0, 0.1) is 0 Å². The van der Waals surface area contributed by atoms with E-state index in [2.05, 4.69) is 4.98 Å². The quantitative estimate of drug-likeness (QED) is 0.664. The summed E-state index contributed by atoms with van der Waals surface area (Å²) in [6.07, 6.45) is 0. The third-order valence-corrected chi connectivity index (χ3v) is 4.96. The Morgan fingerprint density at radius 1 is 1.21 bits per heavy atom. The topological polar surface area (TPSA) is 42.4 Å². The summed E-state index contributed by atoms with van der Waals surface area (Å²) < 4.78 is 6.65. The van der Waals surface area contributed by atoms with E-state index in [0.717, 1.165) is 20.8 Å². The zero-order chi connectivity index (χ0) is 16.9. The molecule has 4 nitrogen and oxygen atoms in total. The number of hydrogen-bond donors (Lipinski definition) is 0. The van der Waals surface area contributed by atoms with Crippen LogP contribution in [-0.4, -0.2) is 29.4 Å². The van der Waals surface area contributed by atoms with Crippen molar-refractivity contribution in [1.82, 2.24) is 9.88 Å². The van der Waals surface area contributed by atoms with Gasteiger partial charge in [0.05, 0.1) is 16.8 Å². The molecule has 1 heterocycles. The first-order valence-corrected chi connectivity index (χ1v) is 8.72. The molecule has 24 heavy (non-hydrogen) atoms. The molecule has 0 saturated heterocycles. The Balaban J connectivity index is 1.50. The molecule has 1 amide bonds. The fourth-order valence-electron chi connectivity index (χ4n) is 2.29. The van der Waals surface area contributed by atoms with Crippen LogP contribution in [0.1, 0.15) is 10.6 Å². The summed E-state index contributed by atoms with van der Waals surface area (Å²) >= 11 is 7.70. The van der Waals surface area contributed by atoms with E-state index in [0.29, 0.717) is 18.2 Å². The lowest BCUT2D eigenvalue weighted by Crippen LogP contribution is -2.29. The fourth-order valence-corrected chi connectivity index (χ4v) is 3.39. The van der Waals surface area contributed by atoms with Crippen molar-refractivity contribution in [3.63, 3.8) is 0 Å². The zero-order valence-electron chi connectivity index (χ0n) is 13.2. The molecule has 0 atom stereocenters. The molecular formula is C18H17ClN2O2S. The Hall–Kier alpha value is -1.95. The number of thiazole rings is 1. The highest BCUT2D eigenvalue weighted by Crippen LogP contribution is 2.22. The van der Waals surface area contributed by atoms with Gasteiger partial charge in [-0.1, -0.05) is 41.9 Å². The number of aromatic nitrogens is 1. The molecule has 0 bridgehead atoms. The van der Waals surface area contributed by atoms with Crippen LogP contribution in [0.5, 0.6) is 0 Å². The predicted molar refractivity (Wildman–Crippen MR) is 97.2 cm³/mol. The Bertz CT molecular complexity index is 817. The molecule has 1 aromatic heterocycles. The number of hydrogen-bond acceptors (Lipinski definition) is 4. The normalized spacial score (nSPS) is 10.9. The highest BCUT2D eigenvalue weighted by Gasteiger charge is 2.12. The molecule has 0 aliphatic rings. The molecular weight excluding hydrogens is 344 g/mol. The van der Waals surface area contributed by atoms with Gasteiger partial charge in [-0.05, 0) is 23.8 Å². The van der Waals surface area contributed by atoms with E-state index in [1.165, 1.54) is 0 Å². The highest BCUT2D eigenvalue weighted by atomic mass is 35.5. The van der Waals surface area contributed by atoms with E-state index in [1.807, 2.05) is 48.5 Å². The van der Waals surface area contributed by atoms with Crippen molar-refractivity contribution in [3.05, 3.63) is 64.1 Å². The zero-order valence-corrected chi connectivity index (χ0v) is 14.8. The summed E-state index contributed by atoms with van der Waals surface area (Å²) in [5, 5.41) is 1.53.